The van der Waals surface area contributed by atoms with Gasteiger partial charge in [0.05, 0.1) is 22.9 Å². The van der Waals surface area contributed by atoms with E-state index in [0.717, 1.165) is 60.4 Å². The van der Waals surface area contributed by atoms with Crippen molar-refractivity contribution in [3.63, 3.8) is 0 Å². The van der Waals surface area contributed by atoms with Gasteiger partial charge in [-0.15, -0.1) is 0 Å². The van der Waals surface area contributed by atoms with Crippen molar-refractivity contribution in [1.29, 1.82) is 0 Å². The zero-order chi connectivity index (χ0) is 25.8. The van der Waals surface area contributed by atoms with E-state index in [1.165, 1.54) is 18.2 Å². The highest BCUT2D eigenvalue weighted by Gasteiger charge is 2.37. The maximum Gasteiger partial charge on any atom is 0.266 e. The number of carbonyl (C=O) groups is 1. The number of ether oxygens (including phenoxy) is 1. The number of nitrogens with zero attached hydrogens (tertiary/aromatic N) is 3. The van der Waals surface area contributed by atoms with Crippen molar-refractivity contribution < 1.29 is 9.53 Å². The molecule has 7 heteroatoms. The van der Waals surface area contributed by atoms with Crippen LogP contribution in [0.3, 0.4) is 0 Å². The third-order valence-corrected chi connectivity index (χ3v) is 8.24. The van der Waals surface area contributed by atoms with Gasteiger partial charge in [0, 0.05) is 23.4 Å². The Morgan fingerprint density at radius 2 is 1.81 bits per heavy atom. The molecule has 1 saturated carbocycles. The van der Waals surface area contributed by atoms with Crippen LogP contribution in [0.4, 0.5) is 0 Å². The van der Waals surface area contributed by atoms with E-state index in [1.807, 2.05) is 76.5 Å². The Morgan fingerprint density at radius 3 is 2.51 bits per heavy atom. The van der Waals surface area contributed by atoms with Crippen LogP contribution in [0.25, 0.3) is 23.0 Å². The molecule has 2 aromatic carbocycles. The molecule has 1 aliphatic carbocycles. The number of carbonyl (C=O) groups excluding carboxylic acids is 1. The second-order valence-corrected chi connectivity index (χ2v) is 11.8. The van der Waals surface area contributed by atoms with E-state index in [2.05, 4.69) is 13.8 Å². The molecule has 0 radical (unpaired) electrons. The van der Waals surface area contributed by atoms with Crippen LogP contribution in [0.2, 0.25) is 0 Å². The van der Waals surface area contributed by atoms with Gasteiger partial charge in [0.1, 0.15) is 10.1 Å². The normalized spacial score (nSPS) is 17.8. The summed E-state index contributed by atoms with van der Waals surface area (Å²) in [5, 5.41) is 4.92. The third kappa shape index (κ3) is 5.99. The number of thiocarbonyl (C=S) groups is 1. The molecule has 5 nitrogen and oxygen atoms in total. The molecular formula is C30H33N3O2S2. The topological polar surface area (TPSA) is 47.4 Å². The minimum Gasteiger partial charge on any atom is -0.494 e. The smallest absolute Gasteiger partial charge is 0.266 e. The average Bonchev–Trinajstić information content (AvgIpc) is 3.45. The molecule has 0 bridgehead atoms. The quantitative estimate of drug-likeness (QED) is 0.222. The fourth-order valence-corrected chi connectivity index (χ4v) is 6.22. The molecule has 1 aromatic heterocycles. The molecular weight excluding hydrogens is 498 g/mol. The van der Waals surface area contributed by atoms with E-state index >= 15 is 0 Å². The highest BCUT2D eigenvalue weighted by molar-refractivity contribution is 8.26. The van der Waals surface area contributed by atoms with Crippen LogP contribution in [0.15, 0.2) is 65.7 Å². The summed E-state index contributed by atoms with van der Waals surface area (Å²) in [5.74, 6) is 1.48. The molecule has 2 aliphatic rings. The molecule has 0 atom stereocenters. The van der Waals surface area contributed by atoms with Gasteiger partial charge in [-0.25, -0.2) is 4.68 Å². The summed E-state index contributed by atoms with van der Waals surface area (Å²) in [7, 11) is 0. The molecule has 1 aliphatic heterocycles. The van der Waals surface area contributed by atoms with Crippen LogP contribution in [0.1, 0.15) is 57.9 Å². The summed E-state index contributed by atoms with van der Waals surface area (Å²) < 4.78 is 8.45. The maximum atomic E-state index is 13.4. The number of hydrogen-bond donors (Lipinski definition) is 0. The van der Waals surface area contributed by atoms with Crippen LogP contribution < -0.4 is 4.74 Å². The summed E-state index contributed by atoms with van der Waals surface area (Å²) in [4.78, 5) is 16.0. The number of rotatable bonds is 8. The van der Waals surface area contributed by atoms with Crippen molar-refractivity contribution in [2.24, 2.45) is 5.92 Å². The number of para-hydroxylation sites is 1. The Kier molecular flexibility index (Phi) is 8.11. The first-order valence-corrected chi connectivity index (χ1v) is 14.4. The zero-order valence-corrected chi connectivity index (χ0v) is 23.1. The lowest BCUT2D eigenvalue weighted by Crippen LogP contribution is -2.39. The first-order valence-electron chi connectivity index (χ1n) is 13.1. The van der Waals surface area contributed by atoms with E-state index < -0.39 is 0 Å². The lowest BCUT2D eigenvalue weighted by Gasteiger charge is -2.29. The van der Waals surface area contributed by atoms with Crippen molar-refractivity contribution in [1.82, 2.24) is 14.7 Å². The number of hydrogen-bond acceptors (Lipinski definition) is 5. The second kappa shape index (κ2) is 11.7. The number of amides is 1. The summed E-state index contributed by atoms with van der Waals surface area (Å²) in [6, 6.07) is 18.3. The van der Waals surface area contributed by atoms with Crippen LogP contribution in [-0.4, -0.2) is 37.6 Å². The molecule has 2 heterocycles. The minimum atomic E-state index is 0.0224. The van der Waals surface area contributed by atoms with Gasteiger partial charge in [-0.1, -0.05) is 75.3 Å². The first kappa shape index (κ1) is 25.7. The lowest BCUT2D eigenvalue weighted by atomic mass is 9.94. The Balaban J connectivity index is 1.45. The number of aromatic nitrogens is 2. The molecule has 0 unspecified atom stereocenters. The molecule has 0 N–H and O–H groups in total. The van der Waals surface area contributed by atoms with Gasteiger partial charge in [0.2, 0.25) is 0 Å². The van der Waals surface area contributed by atoms with E-state index in [9.17, 15) is 4.79 Å². The fraction of sp³-hybridized carbons (Fsp3) is 0.367. The van der Waals surface area contributed by atoms with Crippen molar-refractivity contribution in [3.8, 4) is 22.7 Å². The Morgan fingerprint density at radius 1 is 1.08 bits per heavy atom. The largest absolute Gasteiger partial charge is 0.494 e. The molecule has 37 heavy (non-hydrogen) atoms. The molecule has 1 saturated heterocycles. The van der Waals surface area contributed by atoms with Crippen LogP contribution in [0.5, 0.6) is 5.75 Å². The van der Waals surface area contributed by atoms with Crippen molar-refractivity contribution >= 4 is 40.3 Å². The van der Waals surface area contributed by atoms with Gasteiger partial charge in [-0.3, -0.25) is 9.69 Å². The van der Waals surface area contributed by atoms with Crippen LogP contribution in [-0.2, 0) is 4.79 Å². The highest BCUT2D eigenvalue weighted by atomic mass is 32.2. The van der Waals surface area contributed by atoms with E-state index in [-0.39, 0.29) is 11.9 Å². The molecule has 1 amide bonds. The lowest BCUT2D eigenvalue weighted by molar-refractivity contribution is -0.124. The minimum absolute atomic E-state index is 0.0224. The number of benzene rings is 2. The van der Waals surface area contributed by atoms with Gasteiger partial charge in [-0.05, 0) is 67.7 Å². The van der Waals surface area contributed by atoms with Crippen LogP contribution >= 0.6 is 24.0 Å². The maximum absolute atomic E-state index is 13.4. The molecule has 192 valence electrons. The highest BCUT2D eigenvalue weighted by Crippen LogP contribution is 2.38. The fourth-order valence-electron chi connectivity index (χ4n) is 4.83. The Hall–Kier alpha value is -2.90. The van der Waals surface area contributed by atoms with Crippen molar-refractivity contribution in [3.05, 3.63) is 71.3 Å². The average molecular weight is 532 g/mol. The van der Waals surface area contributed by atoms with E-state index in [4.69, 9.17) is 22.1 Å². The van der Waals surface area contributed by atoms with E-state index in [1.54, 1.807) is 0 Å². The predicted molar refractivity (Wildman–Crippen MR) is 156 cm³/mol. The summed E-state index contributed by atoms with van der Waals surface area (Å²) in [5.41, 5.74) is 3.65. The van der Waals surface area contributed by atoms with Gasteiger partial charge in [-0.2, -0.15) is 5.10 Å². The SMILES string of the molecule is CC(C)CCOc1ccc(-c2nn(-c3ccccc3)cc2C=C2SC(=S)N(C3CCCCC3)C2=O)cc1. The molecule has 2 fully saturated rings. The first-order chi connectivity index (χ1) is 18.0. The monoisotopic (exact) mass is 531 g/mol. The van der Waals surface area contributed by atoms with Crippen molar-refractivity contribution in [2.75, 3.05) is 6.61 Å². The van der Waals surface area contributed by atoms with E-state index in [0.29, 0.717) is 21.8 Å². The standard InChI is InChI=1S/C30H33N3O2S2/c1-21(2)17-18-35-26-15-13-22(14-16-26)28-23(20-32(31-28)24-9-5-3-6-10-24)19-27-29(34)33(30(36)37-27)25-11-7-4-8-12-25/h3,5-6,9-10,13-16,19-21,25H,4,7-8,11-12,17-18H2,1-2H3. The molecule has 0 spiro atoms. The van der Waals surface area contributed by atoms with Crippen molar-refractivity contribution in [2.45, 2.75) is 58.4 Å². The van der Waals surface area contributed by atoms with Gasteiger partial charge in [0.25, 0.3) is 5.91 Å². The summed E-state index contributed by atoms with van der Waals surface area (Å²) >= 11 is 7.06. The van der Waals surface area contributed by atoms with Gasteiger partial charge < -0.3 is 4.74 Å². The summed E-state index contributed by atoms with van der Waals surface area (Å²) in [6.45, 7) is 5.09. The zero-order valence-electron chi connectivity index (χ0n) is 21.4. The predicted octanol–water partition coefficient (Wildman–Crippen LogP) is 7.50. The molecule has 5 rings (SSSR count). The Labute approximate surface area is 228 Å². The van der Waals surface area contributed by atoms with Gasteiger partial charge >= 0.3 is 0 Å². The summed E-state index contributed by atoms with van der Waals surface area (Å²) in [6.07, 6.45) is 10.6. The molecule has 3 aromatic rings. The third-order valence-electron chi connectivity index (χ3n) is 6.90. The second-order valence-electron chi connectivity index (χ2n) is 10.1. The number of thioether (sulfide) groups is 1. The Bertz CT molecular complexity index is 1280. The van der Waals surface area contributed by atoms with Gasteiger partial charge in [0.15, 0.2) is 0 Å². The van der Waals surface area contributed by atoms with Crippen LogP contribution in [0, 0.1) is 5.92 Å².